The topological polar surface area (TPSA) is 87.5 Å². The summed E-state index contributed by atoms with van der Waals surface area (Å²) in [7, 11) is 1.65. The molecule has 0 radical (unpaired) electrons. The van der Waals surface area contributed by atoms with Crippen LogP contribution in [-0.4, -0.2) is 56.0 Å². The average molecular weight is 371 g/mol. The fourth-order valence-electron chi connectivity index (χ4n) is 2.81. The van der Waals surface area contributed by atoms with Crippen molar-refractivity contribution < 1.29 is 9.59 Å². The van der Waals surface area contributed by atoms with E-state index in [0.29, 0.717) is 13.1 Å². The molecule has 0 spiro atoms. The summed E-state index contributed by atoms with van der Waals surface area (Å²) in [5, 5.41) is 5.79. The van der Waals surface area contributed by atoms with Gasteiger partial charge in [0.2, 0.25) is 11.8 Å². The molecule has 1 aliphatic rings. The number of carbonyl (C=O) groups is 2. The van der Waals surface area contributed by atoms with Crippen LogP contribution in [0.4, 0.5) is 0 Å². The molecule has 0 bridgehead atoms. The summed E-state index contributed by atoms with van der Waals surface area (Å²) in [6.07, 6.45) is 3.30. The van der Waals surface area contributed by atoms with Crippen molar-refractivity contribution in [2.24, 2.45) is 11.1 Å². The summed E-state index contributed by atoms with van der Waals surface area (Å²) in [4.78, 5) is 25.9. The van der Waals surface area contributed by atoms with Crippen LogP contribution in [0.25, 0.3) is 0 Å². The standard InChI is InChI=1S/C15H30N4O2.2ClH/c1-4-15(5-2,11-16)14(21)18-12-6-8-19(9-7-12)10-13(20)17-3;;/h12H,4-11,16H2,1-3H3,(H,17,20)(H,18,21);2*1H. The molecule has 0 unspecified atom stereocenters. The van der Waals surface area contributed by atoms with Gasteiger partial charge in [-0.3, -0.25) is 14.5 Å². The Hall–Kier alpha value is -0.560. The monoisotopic (exact) mass is 370 g/mol. The number of halogens is 2. The van der Waals surface area contributed by atoms with Gasteiger partial charge < -0.3 is 16.4 Å². The summed E-state index contributed by atoms with van der Waals surface area (Å²) in [5.41, 5.74) is 5.38. The van der Waals surface area contributed by atoms with Gasteiger partial charge in [-0.05, 0) is 25.7 Å². The molecule has 0 aromatic carbocycles. The molecule has 0 atom stereocenters. The van der Waals surface area contributed by atoms with Gasteiger partial charge in [-0.2, -0.15) is 0 Å². The Morgan fingerprint density at radius 2 is 1.70 bits per heavy atom. The largest absolute Gasteiger partial charge is 0.358 e. The second-order valence-electron chi connectivity index (χ2n) is 5.89. The van der Waals surface area contributed by atoms with Gasteiger partial charge in [0.15, 0.2) is 0 Å². The third-order valence-corrected chi connectivity index (χ3v) is 4.79. The molecule has 4 N–H and O–H groups in total. The van der Waals surface area contributed by atoms with Crippen molar-refractivity contribution in [2.45, 2.75) is 45.6 Å². The zero-order valence-corrected chi connectivity index (χ0v) is 16.0. The predicted octanol–water partition coefficient (Wildman–Crippen LogP) is 0.922. The lowest BCUT2D eigenvalue weighted by Gasteiger charge is -2.35. The van der Waals surface area contributed by atoms with Crippen LogP contribution >= 0.6 is 24.8 Å². The first-order chi connectivity index (χ1) is 10.0. The van der Waals surface area contributed by atoms with E-state index in [-0.39, 0.29) is 42.7 Å². The van der Waals surface area contributed by atoms with Gasteiger partial charge in [-0.1, -0.05) is 13.8 Å². The third-order valence-electron chi connectivity index (χ3n) is 4.79. The number of hydrogen-bond acceptors (Lipinski definition) is 4. The molecule has 1 saturated heterocycles. The Balaban J connectivity index is 0. The highest BCUT2D eigenvalue weighted by atomic mass is 35.5. The fourth-order valence-corrected chi connectivity index (χ4v) is 2.81. The van der Waals surface area contributed by atoms with Crippen molar-refractivity contribution in [2.75, 3.05) is 33.2 Å². The number of nitrogens with two attached hydrogens (primary N) is 1. The maximum atomic E-state index is 12.5. The summed E-state index contributed by atoms with van der Waals surface area (Å²) in [6, 6.07) is 0.197. The molecular weight excluding hydrogens is 339 g/mol. The van der Waals surface area contributed by atoms with Crippen LogP contribution in [-0.2, 0) is 9.59 Å². The number of nitrogens with zero attached hydrogens (tertiary/aromatic N) is 1. The first-order valence-electron chi connectivity index (χ1n) is 7.95. The van der Waals surface area contributed by atoms with Crippen LogP contribution in [0.15, 0.2) is 0 Å². The van der Waals surface area contributed by atoms with Gasteiger partial charge in [0, 0.05) is 32.7 Å². The molecule has 0 aliphatic carbocycles. The van der Waals surface area contributed by atoms with Crippen molar-refractivity contribution >= 4 is 36.6 Å². The number of nitrogens with one attached hydrogen (secondary N) is 2. The van der Waals surface area contributed by atoms with E-state index in [0.717, 1.165) is 38.8 Å². The van der Waals surface area contributed by atoms with Crippen LogP contribution in [0.1, 0.15) is 39.5 Å². The molecular formula is C15H32Cl2N4O2. The molecule has 2 amide bonds. The van der Waals surface area contributed by atoms with Crippen LogP contribution in [0.2, 0.25) is 0 Å². The second kappa shape index (κ2) is 11.9. The number of rotatable bonds is 7. The Kier molecular flexibility index (Phi) is 12.8. The maximum absolute atomic E-state index is 12.5. The minimum Gasteiger partial charge on any atom is -0.358 e. The van der Waals surface area contributed by atoms with E-state index < -0.39 is 5.41 Å². The lowest BCUT2D eigenvalue weighted by atomic mass is 9.81. The molecule has 138 valence electrons. The molecule has 8 heteroatoms. The van der Waals surface area contributed by atoms with E-state index in [1.165, 1.54) is 0 Å². The fraction of sp³-hybridized carbons (Fsp3) is 0.867. The van der Waals surface area contributed by atoms with E-state index in [9.17, 15) is 9.59 Å². The zero-order chi connectivity index (χ0) is 15.9. The van der Waals surface area contributed by atoms with Crippen molar-refractivity contribution in [3.63, 3.8) is 0 Å². The first kappa shape index (κ1) is 24.7. The molecule has 1 fully saturated rings. The Bertz CT molecular complexity index is 349. The molecule has 0 aromatic rings. The Morgan fingerprint density at radius 3 is 2.09 bits per heavy atom. The number of hydrogen-bond donors (Lipinski definition) is 3. The van der Waals surface area contributed by atoms with E-state index in [1.54, 1.807) is 7.05 Å². The number of likely N-dealkylation sites (N-methyl/N-ethyl adjacent to an activating group) is 1. The summed E-state index contributed by atoms with van der Waals surface area (Å²) in [5.74, 6) is 0.122. The predicted molar refractivity (Wildman–Crippen MR) is 98.2 cm³/mol. The normalized spacial score (nSPS) is 16.0. The van der Waals surface area contributed by atoms with E-state index in [1.807, 2.05) is 13.8 Å². The highest BCUT2D eigenvalue weighted by Crippen LogP contribution is 2.25. The SMILES string of the molecule is CCC(CC)(CN)C(=O)NC1CCN(CC(=O)NC)CC1.Cl.Cl. The van der Waals surface area contributed by atoms with Gasteiger partial charge in [-0.15, -0.1) is 24.8 Å². The summed E-state index contributed by atoms with van der Waals surface area (Å²) < 4.78 is 0. The minimum absolute atomic E-state index is 0. The van der Waals surface area contributed by atoms with Crippen molar-refractivity contribution in [3.05, 3.63) is 0 Å². The quantitative estimate of drug-likeness (QED) is 0.621. The van der Waals surface area contributed by atoms with Crippen molar-refractivity contribution in [1.82, 2.24) is 15.5 Å². The maximum Gasteiger partial charge on any atom is 0.233 e. The first-order valence-corrected chi connectivity index (χ1v) is 7.95. The highest BCUT2D eigenvalue weighted by molar-refractivity contribution is 5.85. The molecule has 23 heavy (non-hydrogen) atoms. The summed E-state index contributed by atoms with van der Waals surface area (Å²) >= 11 is 0. The van der Waals surface area contributed by atoms with Crippen molar-refractivity contribution in [3.8, 4) is 0 Å². The lowest BCUT2D eigenvalue weighted by molar-refractivity contribution is -0.132. The van der Waals surface area contributed by atoms with Crippen LogP contribution in [0.5, 0.6) is 0 Å². The average Bonchev–Trinajstić information content (AvgIpc) is 2.51. The number of piperidine rings is 1. The molecule has 1 aliphatic heterocycles. The molecule has 0 aromatic heterocycles. The Morgan fingerprint density at radius 1 is 1.17 bits per heavy atom. The highest BCUT2D eigenvalue weighted by Gasteiger charge is 2.35. The van der Waals surface area contributed by atoms with Gasteiger partial charge in [0.05, 0.1) is 12.0 Å². The van der Waals surface area contributed by atoms with Gasteiger partial charge in [0.25, 0.3) is 0 Å². The van der Waals surface area contributed by atoms with E-state index in [4.69, 9.17) is 5.73 Å². The molecule has 1 rings (SSSR count). The van der Waals surface area contributed by atoms with Crippen molar-refractivity contribution in [1.29, 1.82) is 0 Å². The second-order valence-corrected chi connectivity index (χ2v) is 5.89. The zero-order valence-electron chi connectivity index (χ0n) is 14.4. The van der Waals surface area contributed by atoms with Crippen LogP contribution in [0, 0.1) is 5.41 Å². The van der Waals surface area contributed by atoms with Crippen LogP contribution in [0.3, 0.4) is 0 Å². The van der Waals surface area contributed by atoms with E-state index in [2.05, 4.69) is 15.5 Å². The van der Waals surface area contributed by atoms with Gasteiger partial charge in [-0.25, -0.2) is 0 Å². The minimum atomic E-state index is -0.431. The van der Waals surface area contributed by atoms with Gasteiger partial charge in [0.1, 0.15) is 0 Å². The molecule has 6 nitrogen and oxygen atoms in total. The summed E-state index contributed by atoms with van der Waals surface area (Å²) in [6.45, 7) is 6.54. The number of likely N-dealkylation sites (tertiary alicyclic amines) is 1. The Labute approximate surface area is 152 Å². The van der Waals surface area contributed by atoms with E-state index >= 15 is 0 Å². The lowest BCUT2D eigenvalue weighted by Crippen LogP contribution is -2.52. The smallest absolute Gasteiger partial charge is 0.233 e. The number of carbonyl (C=O) groups excluding carboxylic acids is 2. The van der Waals surface area contributed by atoms with Crippen LogP contribution < -0.4 is 16.4 Å². The van der Waals surface area contributed by atoms with Gasteiger partial charge >= 0.3 is 0 Å². The molecule has 0 saturated carbocycles. The molecule has 1 heterocycles. The number of amides is 2. The third kappa shape index (κ3) is 6.83.